The minimum absolute atomic E-state index is 0.250. The first kappa shape index (κ1) is 13.0. The fourth-order valence-electron chi connectivity index (χ4n) is 1.00. The molecule has 0 saturated heterocycles. The highest BCUT2D eigenvalue weighted by molar-refractivity contribution is 7.99. The van der Waals surface area contributed by atoms with Crippen molar-refractivity contribution in [2.75, 3.05) is 7.11 Å². The molecule has 88 valence electrons. The number of hydrogen-bond donors (Lipinski definition) is 1. The molecule has 0 aliphatic heterocycles. The van der Waals surface area contributed by atoms with E-state index in [0.717, 1.165) is 15.7 Å². The van der Waals surface area contributed by atoms with Crippen LogP contribution in [0.15, 0.2) is 40.4 Å². The summed E-state index contributed by atoms with van der Waals surface area (Å²) in [6.45, 7) is 0. The fourth-order valence-corrected chi connectivity index (χ4v) is 1.71. The molecule has 17 heavy (non-hydrogen) atoms. The van der Waals surface area contributed by atoms with E-state index in [2.05, 4.69) is 15.4 Å². The van der Waals surface area contributed by atoms with Crippen LogP contribution in [0, 0.1) is 0 Å². The number of hydrogen-bond acceptors (Lipinski definition) is 6. The third kappa shape index (κ3) is 4.50. The first-order valence-electron chi connectivity index (χ1n) is 4.47. The number of nitrogens with one attached hydrogen (secondary N) is 1. The largest absolute Gasteiger partial charge is 0.497 e. The zero-order valence-electron chi connectivity index (χ0n) is 8.91. The molecule has 0 aliphatic carbocycles. The predicted molar refractivity (Wildman–Crippen MR) is 58.5 cm³/mol. The van der Waals surface area contributed by atoms with Gasteiger partial charge >= 0.3 is 6.15 Å². The molecule has 7 heteroatoms. The van der Waals surface area contributed by atoms with Gasteiger partial charge in [0, 0.05) is 4.90 Å². The van der Waals surface area contributed by atoms with Gasteiger partial charge in [-0.2, -0.15) is 19.9 Å². The zero-order chi connectivity index (χ0) is 12.5. The lowest BCUT2D eigenvalue weighted by atomic mass is 10.3. The molecular weight excluding hydrogens is 242 g/mol. The number of ether oxygens (including phenoxy) is 1. The van der Waals surface area contributed by atoms with E-state index in [-0.39, 0.29) is 6.15 Å². The van der Waals surface area contributed by atoms with Crippen molar-refractivity contribution < 1.29 is 14.3 Å². The number of rotatable bonds is 3. The second kappa shape index (κ2) is 7.21. The van der Waals surface area contributed by atoms with Crippen LogP contribution in [-0.2, 0) is 9.59 Å². The molecule has 1 aromatic heterocycles. The zero-order valence-corrected chi connectivity index (χ0v) is 9.73. The third-order valence-corrected chi connectivity index (χ3v) is 2.59. The minimum atomic E-state index is 0.250. The van der Waals surface area contributed by atoms with Crippen LogP contribution < -0.4 is 4.74 Å². The van der Waals surface area contributed by atoms with Crippen molar-refractivity contribution in [2.45, 2.75) is 9.92 Å². The van der Waals surface area contributed by atoms with Crippen LogP contribution in [0.2, 0.25) is 0 Å². The van der Waals surface area contributed by atoms with Crippen molar-refractivity contribution in [2.24, 2.45) is 0 Å². The summed E-state index contributed by atoms with van der Waals surface area (Å²) in [7, 11) is 1.65. The van der Waals surface area contributed by atoms with E-state index < -0.39 is 0 Å². The second-order valence-electron chi connectivity index (χ2n) is 2.67. The van der Waals surface area contributed by atoms with Crippen LogP contribution in [0.25, 0.3) is 0 Å². The van der Waals surface area contributed by atoms with E-state index in [9.17, 15) is 0 Å². The molecule has 1 heterocycles. The molecule has 2 rings (SSSR count). The maximum atomic E-state index is 8.12. The molecule has 0 fully saturated rings. The molecule has 0 unspecified atom stereocenters. The quantitative estimate of drug-likeness (QED) is 0.887. The molecule has 0 bridgehead atoms. The lowest BCUT2D eigenvalue weighted by Crippen LogP contribution is -1.81. The molecule has 0 spiro atoms. The normalized spacial score (nSPS) is 8.76. The van der Waals surface area contributed by atoms with Gasteiger partial charge in [0.1, 0.15) is 10.8 Å². The molecule has 2 aromatic rings. The van der Waals surface area contributed by atoms with Gasteiger partial charge in [0.05, 0.1) is 13.3 Å². The lowest BCUT2D eigenvalue weighted by molar-refractivity contribution is -0.191. The van der Waals surface area contributed by atoms with Gasteiger partial charge < -0.3 is 4.74 Å². The molecule has 0 aliphatic rings. The molecule has 1 aromatic carbocycles. The predicted octanol–water partition coefficient (Wildman–Crippen LogP) is 1.38. The summed E-state index contributed by atoms with van der Waals surface area (Å²) in [5.41, 5.74) is 0. The maximum Gasteiger partial charge on any atom is 0.373 e. The van der Waals surface area contributed by atoms with Crippen LogP contribution in [0.3, 0.4) is 0 Å². The maximum absolute atomic E-state index is 8.12. The standard InChI is InChI=1S/C9H9N3OS.CO2/c1-13-7-2-4-8(5-3-7)14-9-6-10-12-11-9;2-1-3/h2-6H,1H3,(H,10,11,12);. The molecule has 1 N–H and O–H groups in total. The Morgan fingerprint density at radius 2 is 1.94 bits per heavy atom. The summed E-state index contributed by atoms with van der Waals surface area (Å²) < 4.78 is 5.06. The van der Waals surface area contributed by atoms with E-state index in [0.29, 0.717) is 0 Å². The molecular formula is C10H9N3O3S. The van der Waals surface area contributed by atoms with Gasteiger partial charge in [-0.25, -0.2) is 0 Å². The van der Waals surface area contributed by atoms with Crippen molar-refractivity contribution in [3.63, 3.8) is 0 Å². The van der Waals surface area contributed by atoms with Crippen LogP contribution >= 0.6 is 11.8 Å². The van der Waals surface area contributed by atoms with Crippen LogP contribution in [-0.4, -0.2) is 28.7 Å². The lowest BCUT2D eigenvalue weighted by Gasteiger charge is -2.00. The van der Waals surface area contributed by atoms with E-state index in [1.54, 1.807) is 25.1 Å². The Kier molecular flexibility index (Phi) is 5.50. The Balaban J connectivity index is 0.000000437. The Hall–Kier alpha value is -2.11. The number of aromatic nitrogens is 3. The third-order valence-electron chi connectivity index (χ3n) is 1.67. The summed E-state index contributed by atoms with van der Waals surface area (Å²) >= 11 is 1.55. The van der Waals surface area contributed by atoms with Crippen molar-refractivity contribution >= 4 is 17.9 Å². The first-order chi connectivity index (χ1) is 8.30. The van der Waals surface area contributed by atoms with Crippen LogP contribution in [0.5, 0.6) is 5.75 Å². The fraction of sp³-hybridized carbons (Fsp3) is 0.100. The highest BCUT2D eigenvalue weighted by Crippen LogP contribution is 2.26. The van der Waals surface area contributed by atoms with Gasteiger partial charge in [0.15, 0.2) is 0 Å². The van der Waals surface area contributed by atoms with Gasteiger partial charge in [-0.15, -0.1) is 5.10 Å². The van der Waals surface area contributed by atoms with Gasteiger partial charge in [0.25, 0.3) is 0 Å². The highest BCUT2D eigenvalue weighted by Gasteiger charge is 1.99. The second-order valence-corrected chi connectivity index (χ2v) is 3.76. The smallest absolute Gasteiger partial charge is 0.373 e. The van der Waals surface area contributed by atoms with E-state index >= 15 is 0 Å². The molecule has 6 nitrogen and oxygen atoms in total. The number of carbonyl (C=O) groups excluding carboxylic acids is 2. The van der Waals surface area contributed by atoms with Crippen LogP contribution in [0.4, 0.5) is 0 Å². The number of methoxy groups -OCH3 is 1. The Morgan fingerprint density at radius 3 is 2.41 bits per heavy atom. The highest BCUT2D eigenvalue weighted by atomic mass is 32.2. The van der Waals surface area contributed by atoms with Crippen LogP contribution in [0.1, 0.15) is 0 Å². The Morgan fingerprint density at radius 1 is 1.29 bits per heavy atom. The van der Waals surface area contributed by atoms with Gasteiger partial charge in [0.2, 0.25) is 0 Å². The summed E-state index contributed by atoms with van der Waals surface area (Å²) in [6, 6.07) is 7.81. The number of H-pyrrole nitrogens is 1. The number of benzene rings is 1. The van der Waals surface area contributed by atoms with E-state index in [4.69, 9.17) is 14.3 Å². The van der Waals surface area contributed by atoms with Gasteiger partial charge in [-0.1, -0.05) is 11.8 Å². The monoisotopic (exact) mass is 251 g/mol. The Bertz CT molecular complexity index is 464. The van der Waals surface area contributed by atoms with Crippen molar-refractivity contribution in [3.8, 4) is 5.75 Å². The van der Waals surface area contributed by atoms with Crippen molar-refractivity contribution in [3.05, 3.63) is 30.5 Å². The summed E-state index contributed by atoms with van der Waals surface area (Å²) in [6.07, 6.45) is 1.94. The molecule has 0 radical (unpaired) electrons. The summed E-state index contributed by atoms with van der Waals surface area (Å²) in [5.74, 6) is 0.856. The van der Waals surface area contributed by atoms with E-state index in [1.165, 1.54) is 0 Å². The van der Waals surface area contributed by atoms with Gasteiger partial charge in [-0.05, 0) is 24.3 Å². The van der Waals surface area contributed by atoms with Crippen molar-refractivity contribution in [1.29, 1.82) is 0 Å². The van der Waals surface area contributed by atoms with E-state index in [1.807, 2.05) is 24.3 Å². The average Bonchev–Trinajstić information content (AvgIpc) is 2.84. The Labute approximate surface area is 101 Å². The topological polar surface area (TPSA) is 84.9 Å². The number of aromatic amines is 1. The van der Waals surface area contributed by atoms with Gasteiger partial charge in [-0.3, -0.25) is 0 Å². The summed E-state index contributed by atoms with van der Waals surface area (Å²) in [5, 5.41) is 11.1. The first-order valence-corrected chi connectivity index (χ1v) is 5.28. The molecule has 0 saturated carbocycles. The number of nitrogens with zero attached hydrogens (tertiary/aromatic N) is 2. The molecule has 0 atom stereocenters. The SMILES string of the molecule is COc1ccc(Sc2cn[nH]n2)cc1.O=C=O. The summed E-state index contributed by atoms with van der Waals surface area (Å²) in [4.78, 5) is 17.4. The van der Waals surface area contributed by atoms with Crippen molar-refractivity contribution in [1.82, 2.24) is 15.4 Å². The molecule has 0 amide bonds. The average molecular weight is 251 g/mol. The minimum Gasteiger partial charge on any atom is -0.497 e.